The second-order valence-electron chi connectivity index (χ2n) is 5.41. The van der Waals surface area contributed by atoms with Crippen molar-refractivity contribution in [2.75, 3.05) is 26.2 Å². The Labute approximate surface area is 145 Å². The summed E-state index contributed by atoms with van der Waals surface area (Å²) in [6, 6.07) is 9.99. The van der Waals surface area contributed by atoms with Crippen LogP contribution in [0.15, 0.2) is 30.3 Å². The van der Waals surface area contributed by atoms with Crippen LogP contribution in [-0.4, -0.2) is 43.4 Å². The van der Waals surface area contributed by atoms with E-state index in [1.165, 1.54) is 0 Å². The Hall–Kier alpha value is -1.18. The Morgan fingerprint density at radius 3 is 3.04 bits per heavy atom. The number of thiophene rings is 1. The van der Waals surface area contributed by atoms with Gasteiger partial charge in [0.2, 0.25) is 5.91 Å². The summed E-state index contributed by atoms with van der Waals surface area (Å²) in [5.41, 5.74) is 0. The number of hydrogen-bond donors (Lipinski definition) is 3. The molecule has 1 aromatic carbocycles. The predicted octanol–water partition coefficient (Wildman–Crippen LogP) is 1.85. The molecule has 2 aromatic rings. The molecule has 1 aliphatic rings. The lowest BCUT2D eigenvalue weighted by Crippen LogP contribution is -2.41. The van der Waals surface area contributed by atoms with Gasteiger partial charge in [-0.05, 0) is 17.5 Å². The molecule has 5 nitrogen and oxygen atoms in total. The lowest BCUT2D eigenvalue weighted by Gasteiger charge is -2.23. The van der Waals surface area contributed by atoms with Gasteiger partial charge in [0.1, 0.15) is 6.10 Å². The Balaban J connectivity index is 0.00000192. The number of aliphatic hydroxyl groups excluding tert-OH is 1. The van der Waals surface area contributed by atoms with Crippen LogP contribution in [-0.2, 0) is 9.53 Å². The number of fused-ring (bicyclic) bond motifs is 1. The summed E-state index contributed by atoms with van der Waals surface area (Å²) in [4.78, 5) is 12.8. The average molecular weight is 357 g/mol. The van der Waals surface area contributed by atoms with E-state index >= 15 is 0 Å². The van der Waals surface area contributed by atoms with Crippen LogP contribution in [0, 0.1) is 0 Å². The Kier molecular flexibility index (Phi) is 6.80. The molecule has 23 heavy (non-hydrogen) atoms. The molecule has 7 heteroatoms. The van der Waals surface area contributed by atoms with Crippen LogP contribution >= 0.6 is 23.7 Å². The molecule has 126 valence electrons. The van der Waals surface area contributed by atoms with E-state index in [1.807, 2.05) is 30.3 Å². The minimum absolute atomic E-state index is 0. The summed E-state index contributed by atoms with van der Waals surface area (Å²) in [6.45, 7) is 2.41. The highest BCUT2D eigenvalue weighted by Crippen LogP contribution is 2.29. The molecule has 2 atom stereocenters. The molecule has 2 heterocycles. The quantitative estimate of drug-likeness (QED) is 0.764. The van der Waals surface area contributed by atoms with E-state index in [2.05, 4.69) is 10.6 Å². The van der Waals surface area contributed by atoms with Crippen molar-refractivity contribution in [3.05, 3.63) is 35.2 Å². The van der Waals surface area contributed by atoms with Crippen molar-refractivity contribution < 1.29 is 14.6 Å². The molecule has 1 aliphatic heterocycles. The monoisotopic (exact) mass is 356 g/mol. The number of benzene rings is 1. The van der Waals surface area contributed by atoms with Gasteiger partial charge in [0, 0.05) is 29.2 Å². The first-order valence-corrected chi connectivity index (χ1v) is 8.29. The van der Waals surface area contributed by atoms with Gasteiger partial charge in [0.05, 0.1) is 19.1 Å². The van der Waals surface area contributed by atoms with Crippen molar-refractivity contribution in [3.63, 3.8) is 0 Å². The number of halogens is 1. The molecule has 1 aromatic heterocycles. The van der Waals surface area contributed by atoms with Gasteiger partial charge >= 0.3 is 0 Å². The molecule has 2 unspecified atom stereocenters. The van der Waals surface area contributed by atoms with Gasteiger partial charge in [-0.3, -0.25) is 4.79 Å². The molecule has 0 saturated carbocycles. The first-order valence-electron chi connectivity index (χ1n) is 7.48. The van der Waals surface area contributed by atoms with Crippen LogP contribution in [0.5, 0.6) is 0 Å². The van der Waals surface area contributed by atoms with E-state index in [9.17, 15) is 9.90 Å². The summed E-state index contributed by atoms with van der Waals surface area (Å²) < 4.78 is 6.64. The highest BCUT2D eigenvalue weighted by atomic mass is 35.5. The van der Waals surface area contributed by atoms with Crippen molar-refractivity contribution >= 4 is 39.7 Å². The van der Waals surface area contributed by atoms with Crippen LogP contribution < -0.4 is 10.6 Å². The molecule has 0 radical (unpaired) electrons. The van der Waals surface area contributed by atoms with Crippen LogP contribution in [0.25, 0.3) is 10.1 Å². The van der Waals surface area contributed by atoms with Gasteiger partial charge in [-0.1, -0.05) is 18.2 Å². The van der Waals surface area contributed by atoms with Crippen LogP contribution in [0.2, 0.25) is 0 Å². The number of amides is 1. The Morgan fingerprint density at radius 2 is 2.30 bits per heavy atom. The van der Waals surface area contributed by atoms with E-state index in [-0.39, 0.29) is 31.0 Å². The fourth-order valence-electron chi connectivity index (χ4n) is 2.51. The number of rotatable bonds is 5. The number of morpholine rings is 1. The highest BCUT2D eigenvalue weighted by Gasteiger charge is 2.18. The third kappa shape index (κ3) is 4.89. The number of hydrogen-bond acceptors (Lipinski definition) is 5. The van der Waals surface area contributed by atoms with Crippen molar-refractivity contribution in [2.45, 2.75) is 18.6 Å². The fraction of sp³-hybridized carbons (Fsp3) is 0.438. The number of nitrogens with one attached hydrogen (secondary N) is 2. The maximum atomic E-state index is 11.9. The number of carbonyl (C=O) groups is 1. The number of aliphatic hydroxyl groups is 1. The molecule has 1 fully saturated rings. The lowest BCUT2D eigenvalue weighted by atomic mass is 10.2. The van der Waals surface area contributed by atoms with Gasteiger partial charge in [-0.15, -0.1) is 23.7 Å². The molecule has 1 amide bonds. The second kappa shape index (κ2) is 8.61. The normalized spacial score (nSPS) is 19.1. The topological polar surface area (TPSA) is 70.6 Å². The van der Waals surface area contributed by atoms with E-state index in [1.54, 1.807) is 11.3 Å². The van der Waals surface area contributed by atoms with Gasteiger partial charge in [-0.25, -0.2) is 0 Å². The third-order valence-electron chi connectivity index (χ3n) is 3.68. The summed E-state index contributed by atoms with van der Waals surface area (Å²) in [5.74, 6) is -0.0890. The van der Waals surface area contributed by atoms with E-state index < -0.39 is 6.10 Å². The zero-order valence-electron chi connectivity index (χ0n) is 12.7. The van der Waals surface area contributed by atoms with Gasteiger partial charge in [0.15, 0.2) is 0 Å². The SMILES string of the molecule is Cl.O=C(CC1CNCCO1)NCC(O)c1cc2ccccc2s1. The summed E-state index contributed by atoms with van der Waals surface area (Å²) in [5, 5.41) is 17.3. The first kappa shape index (κ1) is 18.2. The van der Waals surface area contributed by atoms with Crippen molar-refractivity contribution in [3.8, 4) is 0 Å². The summed E-state index contributed by atoms with van der Waals surface area (Å²) in [6.07, 6.45) is -0.423. The van der Waals surface area contributed by atoms with E-state index in [0.717, 1.165) is 21.5 Å². The van der Waals surface area contributed by atoms with Gasteiger partial charge in [-0.2, -0.15) is 0 Å². The molecule has 1 saturated heterocycles. The molecular weight excluding hydrogens is 336 g/mol. The number of carbonyl (C=O) groups excluding carboxylic acids is 1. The molecular formula is C16H21ClN2O3S. The zero-order chi connectivity index (χ0) is 15.4. The molecule has 3 N–H and O–H groups in total. The lowest BCUT2D eigenvalue weighted by molar-refractivity contribution is -0.124. The predicted molar refractivity (Wildman–Crippen MR) is 94.3 cm³/mol. The Bertz CT molecular complexity index is 610. The molecule has 0 spiro atoms. The molecule has 0 bridgehead atoms. The largest absolute Gasteiger partial charge is 0.386 e. The maximum absolute atomic E-state index is 11.9. The highest BCUT2D eigenvalue weighted by molar-refractivity contribution is 7.19. The van der Waals surface area contributed by atoms with Crippen molar-refractivity contribution in [1.29, 1.82) is 0 Å². The van der Waals surface area contributed by atoms with Gasteiger partial charge < -0.3 is 20.5 Å². The molecule has 3 rings (SSSR count). The van der Waals surface area contributed by atoms with Crippen LogP contribution in [0.1, 0.15) is 17.4 Å². The van der Waals surface area contributed by atoms with Crippen LogP contribution in [0.4, 0.5) is 0 Å². The third-order valence-corrected chi connectivity index (χ3v) is 4.90. The average Bonchev–Trinajstić information content (AvgIpc) is 2.98. The van der Waals surface area contributed by atoms with Gasteiger partial charge in [0.25, 0.3) is 0 Å². The standard InChI is InChI=1S/C16H20N2O3S.ClH/c19-13(15-7-11-3-1-2-4-14(11)22-15)10-18-16(20)8-12-9-17-5-6-21-12;/h1-4,7,12-13,17,19H,5-6,8-10H2,(H,18,20);1H. The van der Waals surface area contributed by atoms with E-state index in [4.69, 9.17) is 4.74 Å². The second-order valence-corrected chi connectivity index (χ2v) is 6.52. The Morgan fingerprint density at radius 1 is 1.48 bits per heavy atom. The fourth-order valence-corrected chi connectivity index (χ4v) is 3.56. The zero-order valence-corrected chi connectivity index (χ0v) is 14.3. The first-order chi connectivity index (χ1) is 10.7. The van der Waals surface area contributed by atoms with Crippen molar-refractivity contribution in [1.82, 2.24) is 10.6 Å². The minimum atomic E-state index is -0.674. The van der Waals surface area contributed by atoms with Crippen LogP contribution in [0.3, 0.4) is 0 Å². The van der Waals surface area contributed by atoms with Crippen molar-refractivity contribution in [2.24, 2.45) is 0 Å². The minimum Gasteiger partial charge on any atom is -0.386 e. The summed E-state index contributed by atoms with van der Waals surface area (Å²) >= 11 is 1.56. The maximum Gasteiger partial charge on any atom is 0.222 e. The molecule has 0 aliphatic carbocycles. The van der Waals surface area contributed by atoms with E-state index in [0.29, 0.717) is 19.6 Å². The number of ether oxygens (including phenoxy) is 1. The summed E-state index contributed by atoms with van der Waals surface area (Å²) in [7, 11) is 0. The smallest absolute Gasteiger partial charge is 0.222 e.